The van der Waals surface area contributed by atoms with Crippen molar-refractivity contribution in [3.8, 4) is 11.3 Å². The van der Waals surface area contributed by atoms with Gasteiger partial charge in [0.05, 0.1) is 23.9 Å². The number of nitrogens with one attached hydrogen (secondary N) is 3. The molecule has 0 radical (unpaired) electrons. The van der Waals surface area contributed by atoms with E-state index in [1.807, 2.05) is 20.8 Å². The summed E-state index contributed by atoms with van der Waals surface area (Å²) < 4.78 is 65.6. The van der Waals surface area contributed by atoms with E-state index in [2.05, 4.69) is 30.5 Å². The summed E-state index contributed by atoms with van der Waals surface area (Å²) in [6.45, 7) is 11.6. The maximum Gasteiger partial charge on any atom is 0.419 e. The molecule has 1 aliphatic rings. The lowest BCUT2D eigenvalue weighted by Gasteiger charge is -2.20. The first kappa shape index (κ1) is 34.2. The van der Waals surface area contributed by atoms with Crippen LogP contribution in [0.4, 0.5) is 23.9 Å². The maximum absolute atomic E-state index is 14.1. The number of amides is 1. The predicted molar refractivity (Wildman–Crippen MR) is 167 cm³/mol. The normalized spacial score (nSPS) is 16.2. The van der Waals surface area contributed by atoms with Crippen molar-refractivity contribution in [3.63, 3.8) is 0 Å². The van der Waals surface area contributed by atoms with Gasteiger partial charge in [0.25, 0.3) is 0 Å². The summed E-state index contributed by atoms with van der Waals surface area (Å²) in [5.74, 6) is -0.257. The largest absolute Gasteiger partial charge is 0.465 e. The highest BCUT2D eigenvalue weighted by Gasteiger charge is 2.37. The SMILES string of the molecule is COC(=O)c1ccc2c(-c3nc(NCCN4CCC(CCNC(=O)OC(C)(C)C)C4)ncc3C(F)(F)F)c[nH]c2c1P(C)(C)=O. The minimum atomic E-state index is -4.74. The molecule has 1 aliphatic heterocycles. The Bertz CT molecular complexity index is 1600. The molecule has 1 amide bonds. The maximum atomic E-state index is 14.1. The molecular weight excluding hydrogens is 612 g/mol. The molecule has 0 bridgehead atoms. The number of benzene rings is 1. The molecule has 3 heterocycles. The number of aromatic amines is 1. The molecule has 246 valence electrons. The van der Waals surface area contributed by atoms with Crippen LogP contribution in [0, 0.1) is 5.92 Å². The molecule has 1 fully saturated rings. The van der Waals surface area contributed by atoms with Crippen LogP contribution in [0.25, 0.3) is 22.2 Å². The number of hydrogen-bond donors (Lipinski definition) is 3. The highest BCUT2D eigenvalue weighted by atomic mass is 31.2. The van der Waals surface area contributed by atoms with Crippen molar-refractivity contribution in [2.75, 3.05) is 58.5 Å². The smallest absolute Gasteiger partial charge is 0.419 e. The number of carbonyl (C=O) groups excluding carboxylic acids is 2. The van der Waals surface area contributed by atoms with Gasteiger partial charge in [-0.05, 0) is 65.5 Å². The summed E-state index contributed by atoms with van der Waals surface area (Å²) >= 11 is 0. The fourth-order valence-corrected chi connectivity index (χ4v) is 6.93. The van der Waals surface area contributed by atoms with Crippen molar-refractivity contribution in [1.29, 1.82) is 0 Å². The Balaban J connectivity index is 1.47. The highest BCUT2D eigenvalue weighted by molar-refractivity contribution is 7.70. The number of fused-ring (bicyclic) bond motifs is 1. The summed E-state index contributed by atoms with van der Waals surface area (Å²) in [5, 5.41) is 6.36. The average molecular weight is 653 g/mol. The minimum Gasteiger partial charge on any atom is -0.465 e. The van der Waals surface area contributed by atoms with Gasteiger partial charge in [0.15, 0.2) is 0 Å². The van der Waals surface area contributed by atoms with Gasteiger partial charge in [0, 0.05) is 54.8 Å². The number of halogens is 3. The Kier molecular flexibility index (Phi) is 10.2. The molecule has 0 spiro atoms. The van der Waals surface area contributed by atoms with Crippen LogP contribution in [0.2, 0.25) is 0 Å². The number of rotatable bonds is 10. The number of methoxy groups -OCH3 is 1. The van der Waals surface area contributed by atoms with E-state index in [4.69, 9.17) is 9.47 Å². The molecule has 1 unspecified atom stereocenters. The third kappa shape index (κ3) is 8.55. The Morgan fingerprint density at radius 3 is 2.56 bits per heavy atom. The molecule has 15 heteroatoms. The third-order valence-electron chi connectivity index (χ3n) is 7.42. The standard InChI is InChI=1S/C30H40F3N6O5P/c1-29(2,3)44-28(41)35-11-9-18-10-13-39(17-18)14-12-34-27-37-16-22(30(31,32)33)23(38-27)21-15-36-24-19(21)7-8-20(26(40)43-4)25(24)45(5,6)42/h7-8,15-16,18,36H,9-14,17H2,1-6H3,(H,35,41)(H,34,37,38). The molecule has 1 saturated heterocycles. The lowest BCUT2D eigenvalue weighted by molar-refractivity contribution is -0.137. The van der Waals surface area contributed by atoms with Crippen LogP contribution < -0.4 is 15.9 Å². The minimum absolute atomic E-state index is 0.0349. The number of ether oxygens (including phenoxy) is 2. The van der Waals surface area contributed by atoms with Gasteiger partial charge in [-0.1, -0.05) is 6.07 Å². The van der Waals surface area contributed by atoms with Crippen molar-refractivity contribution in [1.82, 2.24) is 25.2 Å². The van der Waals surface area contributed by atoms with Gasteiger partial charge < -0.3 is 34.6 Å². The summed E-state index contributed by atoms with van der Waals surface area (Å²) in [6, 6.07) is 2.90. The van der Waals surface area contributed by atoms with Crippen molar-refractivity contribution < 1.29 is 36.8 Å². The van der Waals surface area contributed by atoms with Crippen LogP contribution in [-0.4, -0.2) is 90.7 Å². The topological polar surface area (TPSA) is 139 Å². The second kappa shape index (κ2) is 13.4. The van der Waals surface area contributed by atoms with Gasteiger partial charge in [-0.25, -0.2) is 19.6 Å². The van der Waals surface area contributed by atoms with E-state index in [0.29, 0.717) is 30.9 Å². The molecule has 0 aliphatic carbocycles. The summed E-state index contributed by atoms with van der Waals surface area (Å²) in [7, 11) is -1.88. The molecule has 1 aromatic carbocycles. The number of hydrogen-bond acceptors (Lipinski definition) is 9. The van der Waals surface area contributed by atoms with Crippen LogP contribution in [0.5, 0.6) is 0 Å². The first-order valence-corrected chi connectivity index (χ1v) is 17.2. The van der Waals surface area contributed by atoms with Crippen molar-refractivity contribution in [2.24, 2.45) is 5.92 Å². The van der Waals surface area contributed by atoms with Gasteiger partial charge in [0.2, 0.25) is 5.95 Å². The van der Waals surface area contributed by atoms with Crippen molar-refractivity contribution in [3.05, 3.63) is 35.7 Å². The fourth-order valence-electron chi connectivity index (χ4n) is 5.46. The molecule has 2 aromatic heterocycles. The number of esters is 1. The van der Waals surface area contributed by atoms with Crippen LogP contribution in [0.1, 0.15) is 49.5 Å². The summed E-state index contributed by atoms with van der Waals surface area (Å²) in [5.41, 5.74) is -1.42. The summed E-state index contributed by atoms with van der Waals surface area (Å²) in [4.78, 5) is 37.6. The Hall–Kier alpha value is -3.64. The number of carbonyl (C=O) groups is 2. The van der Waals surface area contributed by atoms with Crippen LogP contribution in [0.15, 0.2) is 24.5 Å². The number of aromatic nitrogens is 3. The molecule has 45 heavy (non-hydrogen) atoms. The summed E-state index contributed by atoms with van der Waals surface area (Å²) in [6.07, 6.45) is -1.27. The number of alkyl carbamates (subject to hydrolysis) is 1. The third-order valence-corrected chi connectivity index (χ3v) is 8.97. The van der Waals surface area contributed by atoms with E-state index in [1.54, 1.807) is 0 Å². The van der Waals surface area contributed by atoms with E-state index in [-0.39, 0.29) is 33.6 Å². The van der Waals surface area contributed by atoms with Gasteiger partial charge in [0.1, 0.15) is 18.3 Å². The Morgan fingerprint density at radius 2 is 1.91 bits per heavy atom. The lowest BCUT2D eigenvalue weighted by atomic mass is 10.0. The van der Waals surface area contributed by atoms with Crippen LogP contribution >= 0.6 is 7.14 Å². The first-order chi connectivity index (χ1) is 21.0. The molecular formula is C30H40F3N6O5P. The van der Waals surface area contributed by atoms with E-state index < -0.39 is 36.5 Å². The van der Waals surface area contributed by atoms with Gasteiger partial charge >= 0.3 is 18.2 Å². The number of H-pyrrole nitrogens is 1. The van der Waals surface area contributed by atoms with Crippen LogP contribution in [0.3, 0.4) is 0 Å². The predicted octanol–water partition coefficient (Wildman–Crippen LogP) is 5.33. The zero-order valence-electron chi connectivity index (χ0n) is 26.3. The van der Waals surface area contributed by atoms with Gasteiger partial charge in [-0.15, -0.1) is 0 Å². The monoisotopic (exact) mass is 652 g/mol. The zero-order valence-corrected chi connectivity index (χ0v) is 27.2. The number of anilines is 1. The Morgan fingerprint density at radius 1 is 1.18 bits per heavy atom. The molecule has 3 N–H and O–H groups in total. The van der Waals surface area contributed by atoms with E-state index in [1.165, 1.54) is 38.8 Å². The zero-order chi connectivity index (χ0) is 33.2. The first-order valence-electron chi connectivity index (χ1n) is 14.6. The molecule has 11 nitrogen and oxygen atoms in total. The molecule has 3 aromatic rings. The lowest BCUT2D eigenvalue weighted by Crippen LogP contribution is -2.33. The molecule has 1 atom stereocenters. The molecule has 4 rings (SSSR count). The number of likely N-dealkylation sites (tertiary alicyclic amines) is 1. The van der Waals surface area contributed by atoms with Gasteiger partial charge in [-0.3, -0.25) is 0 Å². The average Bonchev–Trinajstić information content (AvgIpc) is 3.56. The quantitative estimate of drug-likeness (QED) is 0.196. The van der Waals surface area contributed by atoms with Crippen LogP contribution in [-0.2, 0) is 20.2 Å². The molecule has 0 saturated carbocycles. The van der Waals surface area contributed by atoms with E-state index in [0.717, 1.165) is 32.1 Å². The second-order valence-electron chi connectivity index (χ2n) is 12.5. The number of alkyl halides is 3. The van der Waals surface area contributed by atoms with E-state index in [9.17, 15) is 27.3 Å². The second-order valence-corrected chi connectivity index (χ2v) is 15.6. The number of nitrogens with zero attached hydrogens (tertiary/aromatic N) is 3. The van der Waals surface area contributed by atoms with Gasteiger partial charge in [-0.2, -0.15) is 13.2 Å². The van der Waals surface area contributed by atoms with Crippen molar-refractivity contribution >= 4 is 41.4 Å². The fraction of sp³-hybridized carbons (Fsp3) is 0.533. The van der Waals surface area contributed by atoms with Crippen molar-refractivity contribution in [2.45, 2.75) is 45.4 Å². The Labute approximate surface area is 260 Å². The van der Waals surface area contributed by atoms with E-state index >= 15 is 0 Å². The highest BCUT2D eigenvalue weighted by Crippen LogP contribution is 2.43.